The first-order valence-corrected chi connectivity index (χ1v) is 9.90. The van der Waals surface area contributed by atoms with Crippen molar-refractivity contribution in [2.75, 3.05) is 12.3 Å². The van der Waals surface area contributed by atoms with Crippen LogP contribution in [0.4, 0.5) is 5.69 Å². The van der Waals surface area contributed by atoms with E-state index < -0.39 is 37.1 Å². The van der Waals surface area contributed by atoms with Gasteiger partial charge in [-0.2, -0.15) is 0 Å². The highest BCUT2D eigenvalue weighted by atomic mass is 16.5. The summed E-state index contributed by atoms with van der Waals surface area (Å²) in [4.78, 5) is 0. The number of ether oxygens (including phenoxy) is 1. The minimum atomic E-state index is -1.41. The van der Waals surface area contributed by atoms with E-state index in [1.54, 1.807) is 12.1 Å². The van der Waals surface area contributed by atoms with Gasteiger partial charge in [-0.15, -0.1) is 0 Å². The Hall–Kier alpha value is -1.96. The van der Waals surface area contributed by atoms with Crippen LogP contribution in [0, 0.1) is 0 Å². The van der Waals surface area contributed by atoms with Gasteiger partial charge in [-0.3, -0.25) is 0 Å². The monoisotopic (exact) mass is 401 g/mol. The molecule has 1 heterocycles. The first kappa shape index (κ1) is 21.7. The Bertz CT molecular complexity index is 828. The van der Waals surface area contributed by atoms with Crippen LogP contribution < -0.4 is 5.73 Å². The van der Waals surface area contributed by atoms with Crippen LogP contribution in [0.1, 0.15) is 49.1 Å². The molecule has 0 saturated carbocycles. The van der Waals surface area contributed by atoms with Gasteiger partial charge in [0.15, 0.2) is 0 Å². The molecule has 0 bridgehead atoms. The van der Waals surface area contributed by atoms with E-state index in [1.807, 2.05) is 6.07 Å². The smallest absolute Gasteiger partial charge is 0.113 e. The summed E-state index contributed by atoms with van der Waals surface area (Å²) in [6, 6.07) is 13.7. The second-order valence-corrected chi connectivity index (χ2v) is 8.83. The molecule has 1 aliphatic rings. The summed E-state index contributed by atoms with van der Waals surface area (Å²) in [7, 11) is 0. The summed E-state index contributed by atoms with van der Waals surface area (Å²) < 4.78 is 5.66. The Morgan fingerprint density at radius 1 is 0.931 bits per heavy atom. The predicted octanol–water partition coefficient (Wildman–Crippen LogP) is 1.67. The third kappa shape index (κ3) is 4.63. The first-order chi connectivity index (χ1) is 13.6. The number of aliphatic hydroxyl groups is 4. The molecule has 6 N–H and O–H groups in total. The molecule has 6 nitrogen and oxygen atoms in total. The van der Waals surface area contributed by atoms with Crippen molar-refractivity contribution in [2.45, 2.75) is 63.1 Å². The second kappa shape index (κ2) is 8.42. The Kier molecular flexibility index (Phi) is 6.31. The molecule has 3 rings (SSSR count). The van der Waals surface area contributed by atoms with Crippen LogP contribution >= 0.6 is 0 Å². The fourth-order valence-electron chi connectivity index (χ4n) is 3.68. The number of aliphatic hydroxyl groups excluding tert-OH is 4. The van der Waals surface area contributed by atoms with E-state index in [1.165, 1.54) is 5.56 Å². The third-order valence-corrected chi connectivity index (χ3v) is 5.60. The molecule has 0 amide bonds. The second-order valence-electron chi connectivity index (χ2n) is 8.83. The molecule has 5 atom stereocenters. The molecule has 29 heavy (non-hydrogen) atoms. The average Bonchev–Trinajstić information content (AvgIpc) is 2.68. The van der Waals surface area contributed by atoms with Gasteiger partial charge in [0, 0.05) is 5.69 Å². The molecule has 2 aromatic rings. The largest absolute Gasteiger partial charge is 0.398 e. The SMILES string of the molecule is CC(C)(C)c1ccc(Cc2cc([C@@H]3O[C@H](CO)[C@@H](O)[C@H](O)[C@H]3O)ccc2N)cc1. The molecule has 1 saturated heterocycles. The molecule has 0 aromatic heterocycles. The van der Waals surface area contributed by atoms with Crippen LogP contribution in [0.5, 0.6) is 0 Å². The van der Waals surface area contributed by atoms with Crippen LogP contribution in [-0.4, -0.2) is 51.4 Å². The third-order valence-electron chi connectivity index (χ3n) is 5.60. The van der Waals surface area contributed by atoms with Crippen LogP contribution in [0.15, 0.2) is 42.5 Å². The highest BCUT2D eigenvalue weighted by molar-refractivity contribution is 5.51. The Morgan fingerprint density at radius 2 is 1.59 bits per heavy atom. The summed E-state index contributed by atoms with van der Waals surface area (Å²) in [5.41, 5.74) is 10.8. The summed E-state index contributed by atoms with van der Waals surface area (Å²) in [6.45, 7) is 6.06. The van der Waals surface area contributed by atoms with Crippen molar-refractivity contribution in [3.63, 3.8) is 0 Å². The molecule has 1 aliphatic heterocycles. The van der Waals surface area contributed by atoms with Gasteiger partial charge >= 0.3 is 0 Å². The molecular formula is C23H31NO5. The Morgan fingerprint density at radius 3 is 2.17 bits per heavy atom. The molecule has 158 valence electrons. The van der Waals surface area contributed by atoms with Crippen molar-refractivity contribution in [2.24, 2.45) is 0 Å². The van der Waals surface area contributed by atoms with Crippen LogP contribution in [0.3, 0.4) is 0 Å². The number of hydrogen-bond acceptors (Lipinski definition) is 6. The number of benzene rings is 2. The first-order valence-electron chi connectivity index (χ1n) is 9.90. The maximum atomic E-state index is 10.4. The zero-order valence-corrected chi connectivity index (χ0v) is 17.1. The fourth-order valence-corrected chi connectivity index (χ4v) is 3.68. The van der Waals surface area contributed by atoms with Crippen molar-refractivity contribution in [3.05, 3.63) is 64.7 Å². The summed E-state index contributed by atoms with van der Waals surface area (Å²) >= 11 is 0. The molecular weight excluding hydrogens is 370 g/mol. The van der Waals surface area contributed by atoms with E-state index in [2.05, 4.69) is 45.0 Å². The van der Waals surface area contributed by atoms with Crippen molar-refractivity contribution < 1.29 is 25.2 Å². The van der Waals surface area contributed by atoms with Gasteiger partial charge in [0.2, 0.25) is 0 Å². The predicted molar refractivity (Wildman–Crippen MR) is 112 cm³/mol. The van der Waals surface area contributed by atoms with Crippen molar-refractivity contribution in [1.29, 1.82) is 0 Å². The van der Waals surface area contributed by atoms with Gasteiger partial charge in [0.25, 0.3) is 0 Å². The molecule has 6 heteroatoms. The molecule has 0 unspecified atom stereocenters. The number of nitrogens with two attached hydrogens (primary N) is 1. The van der Waals surface area contributed by atoms with E-state index in [0.717, 1.165) is 11.1 Å². The van der Waals surface area contributed by atoms with E-state index in [-0.39, 0.29) is 5.41 Å². The maximum absolute atomic E-state index is 10.4. The summed E-state index contributed by atoms with van der Waals surface area (Å²) in [5, 5.41) is 39.8. The quantitative estimate of drug-likeness (QED) is 0.498. The maximum Gasteiger partial charge on any atom is 0.113 e. The minimum Gasteiger partial charge on any atom is -0.398 e. The average molecular weight is 402 g/mol. The van der Waals surface area contributed by atoms with Gasteiger partial charge < -0.3 is 30.9 Å². The molecule has 0 spiro atoms. The van der Waals surface area contributed by atoms with Crippen molar-refractivity contribution in [1.82, 2.24) is 0 Å². The van der Waals surface area contributed by atoms with Crippen LogP contribution in [-0.2, 0) is 16.6 Å². The van der Waals surface area contributed by atoms with E-state index >= 15 is 0 Å². The summed E-state index contributed by atoms with van der Waals surface area (Å²) in [5.74, 6) is 0. The lowest BCUT2D eigenvalue weighted by atomic mass is 9.86. The molecule has 0 aliphatic carbocycles. The van der Waals surface area contributed by atoms with Gasteiger partial charge in [0.05, 0.1) is 6.61 Å². The van der Waals surface area contributed by atoms with E-state index in [9.17, 15) is 20.4 Å². The molecule has 0 radical (unpaired) electrons. The normalized spacial score (nSPS) is 27.8. The summed E-state index contributed by atoms with van der Waals surface area (Å²) in [6.07, 6.45) is -5.29. The van der Waals surface area contributed by atoms with Crippen molar-refractivity contribution in [3.8, 4) is 0 Å². The van der Waals surface area contributed by atoms with Gasteiger partial charge in [-0.25, -0.2) is 0 Å². The van der Waals surface area contributed by atoms with Crippen LogP contribution in [0.2, 0.25) is 0 Å². The highest BCUT2D eigenvalue weighted by Gasteiger charge is 2.44. The zero-order valence-electron chi connectivity index (χ0n) is 17.1. The van der Waals surface area contributed by atoms with Crippen LogP contribution in [0.25, 0.3) is 0 Å². The molecule has 1 fully saturated rings. The fraction of sp³-hybridized carbons (Fsp3) is 0.478. The lowest BCUT2D eigenvalue weighted by Crippen LogP contribution is -2.55. The highest BCUT2D eigenvalue weighted by Crippen LogP contribution is 2.34. The Balaban J connectivity index is 1.84. The van der Waals surface area contributed by atoms with Gasteiger partial charge in [-0.1, -0.05) is 57.2 Å². The number of hydrogen-bond donors (Lipinski definition) is 5. The van der Waals surface area contributed by atoms with E-state index in [0.29, 0.717) is 17.7 Å². The lowest BCUT2D eigenvalue weighted by Gasteiger charge is -2.40. The lowest BCUT2D eigenvalue weighted by molar-refractivity contribution is -0.231. The Labute approximate surface area is 171 Å². The van der Waals surface area contributed by atoms with E-state index in [4.69, 9.17) is 10.5 Å². The van der Waals surface area contributed by atoms with Gasteiger partial charge in [0.1, 0.15) is 30.5 Å². The van der Waals surface area contributed by atoms with Crippen molar-refractivity contribution >= 4 is 5.69 Å². The number of anilines is 1. The van der Waals surface area contributed by atoms with Gasteiger partial charge in [-0.05, 0) is 40.2 Å². The minimum absolute atomic E-state index is 0.0839. The molecule has 2 aromatic carbocycles. The zero-order chi connectivity index (χ0) is 21.3. The number of nitrogen functional groups attached to an aromatic ring is 1. The number of rotatable bonds is 4. The topological polar surface area (TPSA) is 116 Å². The standard InChI is InChI=1S/C23H31NO5/c1-23(2,3)16-7-4-13(5-8-16)10-15-11-14(6-9-17(15)24)22-21(28)20(27)19(26)18(12-25)29-22/h4-9,11,18-22,25-28H,10,12,24H2,1-3H3/t18-,19-,20+,21-,22+/m1/s1.